The molecular weight excluding hydrogens is 292 g/mol. The van der Waals surface area contributed by atoms with Crippen molar-refractivity contribution in [1.29, 1.82) is 0 Å². The Hall–Kier alpha value is -2.76. The zero-order valence-corrected chi connectivity index (χ0v) is 13.1. The van der Waals surface area contributed by atoms with Gasteiger partial charge < -0.3 is 19.6 Å². The first-order valence-corrected chi connectivity index (χ1v) is 7.74. The first kappa shape index (κ1) is 15.1. The fourth-order valence-electron chi connectivity index (χ4n) is 2.59. The largest absolute Gasteiger partial charge is 0.467 e. The third-order valence-corrected chi connectivity index (χ3v) is 3.74. The topological polar surface area (TPSA) is 72.1 Å². The molecule has 0 aliphatic rings. The van der Waals surface area contributed by atoms with Gasteiger partial charge in [0.1, 0.15) is 11.4 Å². The molecule has 0 atom stereocenters. The number of furan rings is 1. The lowest BCUT2D eigenvalue weighted by atomic mass is 10.1. The summed E-state index contributed by atoms with van der Waals surface area (Å²) in [6.07, 6.45) is 6.27. The smallest absolute Gasteiger partial charge is 0.315 e. The number of hydrogen-bond donors (Lipinski definition) is 2. The molecular formula is C17H20N4O2. The highest BCUT2D eigenvalue weighted by Gasteiger charge is 2.08. The zero-order valence-electron chi connectivity index (χ0n) is 13.1. The van der Waals surface area contributed by atoms with Gasteiger partial charge in [0.05, 0.1) is 12.8 Å². The van der Waals surface area contributed by atoms with Crippen LogP contribution in [0.2, 0.25) is 0 Å². The van der Waals surface area contributed by atoms with Crippen LogP contribution >= 0.6 is 0 Å². The van der Waals surface area contributed by atoms with Crippen molar-refractivity contribution in [1.82, 2.24) is 20.2 Å². The van der Waals surface area contributed by atoms with Gasteiger partial charge in [-0.25, -0.2) is 9.78 Å². The van der Waals surface area contributed by atoms with Gasteiger partial charge in [-0.2, -0.15) is 0 Å². The third kappa shape index (κ3) is 3.53. The number of amides is 2. The van der Waals surface area contributed by atoms with Gasteiger partial charge in [-0.15, -0.1) is 0 Å². The molecule has 6 nitrogen and oxygen atoms in total. The van der Waals surface area contributed by atoms with Gasteiger partial charge in [0, 0.05) is 30.9 Å². The van der Waals surface area contributed by atoms with E-state index in [0.29, 0.717) is 13.1 Å². The lowest BCUT2D eigenvalue weighted by molar-refractivity contribution is 0.239. The highest BCUT2D eigenvalue weighted by Crippen LogP contribution is 2.19. The molecule has 0 spiro atoms. The Morgan fingerprint density at radius 2 is 2.22 bits per heavy atom. The summed E-state index contributed by atoms with van der Waals surface area (Å²) in [5.74, 6) is 0.734. The highest BCUT2D eigenvalue weighted by atomic mass is 16.3. The van der Waals surface area contributed by atoms with E-state index in [9.17, 15) is 4.79 Å². The third-order valence-electron chi connectivity index (χ3n) is 3.74. The van der Waals surface area contributed by atoms with Crippen LogP contribution in [0.1, 0.15) is 18.2 Å². The SMILES string of the molecule is CCn1cc(CCNC(=O)NCc2ccco2)c2cccnc21. The first-order valence-electron chi connectivity index (χ1n) is 7.74. The van der Waals surface area contributed by atoms with E-state index in [1.54, 1.807) is 18.5 Å². The molecule has 120 valence electrons. The van der Waals surface area contributed by atoms with Crippen molar-refractivity contribution in [2.75, 3.05) is 6.54 Å². The lowest BCUT2D eigenvalue weighted by Gasteiger charge is -2.06. The Balaban J connectivity index is 1.53. The number of aromatic nitrogens is 2. The van der Waals surface area contributed by atoms with E-state index in [1.807, 2.05) is 12.1 Å². The molecule has 0 bridgehead atoms. The zero-order chi connectivity index (χ0) is 16.1. The lowest BCUT2D eigenvalue weighted by Crippen LogP contribution is -2.36. The van der Waals surface area contributed by atoms with Crippen molar-refractivity contribution in [3.05, 3.63) is 54.2 Å². The van der Waals surface area contributed by atoms with Crippen molar-refractivity contribution in [3.8, 4) is 0 Å². The minimum atomic E-state index is -0.196. The van der Waals surface area contributed by atoms with E-state index in [-0.39, 0.29) is 6.03 Å². The Morgan fingerprint density at radius 1 is 1.30 bits per heavy atom. The van der Waals surface area contributed by atoms with Crippen LogP contribution in [0.5, 0.6) is 0 Å². The molecule has 3 rings (SSSR count). The maximum atomic E-state index is 11.8. The molecule has 6 heteroatoms. The Labute approximate surface area is 134 Å². The van der Waals surface area contributed by atoms with Crippen LogP contribution in [0.15, 0.2) is 47.3 Å². The van der Waals surface area contributed by atoms with Gasteiger partial charge >= 0.3 is 6.03 Å². The molecule has 2 N–H and O–H groups in total. The number of aryl methyl sites for hydroxylation is 1. The minimum absolute atomic E-state index is 0.196. The van der Waals surface area contributed by atoms with Crippen molar-refractivity contribution in [2.24, 2.45) is 0 Å². The molecule has 23 heavy (non-hydrogen) atoms. The summed E-state index contributed by atoms with van der Waals surface area (Å²) in [4.78, 5) is 16.2. The molecule has 3 aromatic rings. The van der Waals surface area contributed by atoms with Crippen molar-refractivity contribution < 1.29 is 9.21 Å². The number of rotatable bonds is 6. The van der Waals surface area contributed by atoms with Crippen LogP contribution in [-0.4, -0.2) is 22.1 Å². The fraction of sp³-hybridized carbons (Fsp3) is 0.294. The molecule has 0 radical (unpaired) electrons. The number of carbonyl (C=O) groups is 1. The molecule has 0 aromatic carbocycles. The average molecular weight is 312 g/mol. The second kappa shape index (κ2) is 7.00. The number of hydrogen-bond acceptors (Lipinski definition) is 3. The standard InChI is InChI=1S/C17H20N4O2/c1-2-21-12-13(15-6-3-8-18-16(15)21)7-9-19-17(22)20-11-14-5-4-10-23-14/h3-6,8,10,12H,2,7,9,11H2,1H3,(H2,19,20,22). The number of carbonyl (C=O) groups excluding carboxylic acids is 1. The van der Waals surface area contributed by atoms with Gasteiger partial charge in [-0.3, -0.25) is 0 Å². The predicted octanol–water partition coefficient (Wildman–Crippen LogP) is 2.69. The maximum absolute atomic E-state index is 11.8. The predicted molar refractivity (Wildman–Crippen MR) is 88.1 cm³/mol. The monoisotopic (exact) mass is 312 g/mol. The summed E-state index contributed by atoms with van der Waals surface area (Å²) in [5, 5.41) is 6.77. The number of fused-ring (bicyclic) bond motifs is 1. The van der Waals surface area contributed by atoms with Gasteiger partial charge in [0.15, 0.2) is 0 Å². The molecule has 3 aromatic heterocycles. The average Bonchev–Trinajstić information content (AvgIpc) is 3.21. The highest BCUT2D eigenvalue weighted by molar-refractivity contribution is 5.80. The molecule has 3 heterocycles. The van der Waals surface area contributed by atoms with Gasteiger partial charge in [0.2, 0.25) is 0 Å². The van der Waals surface area contributed by atoms with E-state index in [4.69, 9.17) is 4.42 Å². The van der Waals surface area contributed by atoms with E-state index in [0.717, 1.165) is 29.8 Å². The normalized spacial score (nSPS) is 10.8. The second-order valence-electron chi connectivity index (χ2n) is 5.25. The summed E-state index contributed by atoms with van der Waals surface area (Å²) in [7, 11) is 0. The van der Waals surface area contributed by atoms with Gasteiger partial charge in [-0.05, 0) is 43.2 Å². The van der Waals surface area contributed by atoms with Crippen LogP contribution < -0.4 is 10.6 Å². The van der Waals surface area contributed by atoms with Crippen molar-refractivity contribution in [2.45, 2.75) is 26.4 Å². The van der Waals surface area contributed by atoms with E-state index < -0.39 is 0 Å². The molecule has 2 amide bonds. The van der Waals surface area contributed by atoms with Crippen molar-refractivity contribution in [3.63, 3.8) is 0 Å². The molecule has 0 aliphatic heterocycles. The molecule has 0 aliphatic carbocycles. The molecule has 0 saturated heterocycles. The summed E-state index contributed by atoms with van der Waals surface area (Å²) < 4.78 is 7.30. The molecule has 0 unspecified atom stereocenters. The summed E-state index contributed by atoms with van der Waals surface area (Å²) in [6, 6.07) is 7.44. The van der Waals surface area contributed by atoms with Crippen LogP contribution in [0.4, 0.5) is 4.79 Å². The fourth-order valence-corrected chi connectivity index (χ4v) is 2.59. The van der Waals surface area contributed by atoms with E-state index in [1.165, 1.54) is 5.56 Å². The number of nitrogens with zero attached hydrogens (tertiary/aromatic N) is 2. The minimum Gasteiger partial charge on any atom is -0.467 e. The molecule has 0 saturated carbocycles. The quantitative estimate of drug-likeness (QED) is 0.735. The van der Waals surface area contributed by atoms with Crippen LogP contribution in [0.25, 0.3) is 11.0 Å². The van der Waals surface area contributed by atoms with Gasteiger partial charge in [0.25, 0.3) is 0 Å². The maximum Gasteiger partial charge on any atom is 0.315 e. The first-order chi connectivity index (χ1) is 11.3. The van der Waals surface area contributed by atoms with Gasteiger partial charge in [-0.1, -0.05) is 0 Å². The Bertz CT molecular complexity index is 777. The van der Waals surface area contributed by atoms with Crippen LogP contribution in [-0.2, 0) is 19.5 Å². The number of nitrogens with one attached hydrogen (secondary N) is 2. The van der Waals surface area contributed by atoms with Crippen molar-refractivity contribution >= 4 is 17.1 Å². The Kier molecular flexibility index (Phi) is 4.61. The van der Waals surface area contributed by atoms with E-state index >= 15 is 0 Å². The number of urea groups is 1. The molecule has 0 fully saturated rings. The Morgan fingerprint density at radius 3 is 3.00 bits per heavy atom. The summed E-state index contributed by atoms with van der Waals surface area (Å²) in [5.41, 5.74) is 2.19. The second-order valence-corrected chi connectivity index (χ2v) is 5.25. The van der Waals surface area contributed by atoms with Crippen LogP contribution in [0, 0.1) is 0 Å². The van der Waals surface area contributed by atoms with Crippen LogP contribution in [0.3, 0.4) is 0 Å². The summed E-state index contributed by atoms with van der Waals surface area (Å²) >= 11 is 0. The van der Waals surface area contributed by atoms with E-state index in [2.05, 4.69) is 39.4 Å². The number of pyridine rings is 1. The summed E-state index contributed by atoms with van der Waals surface area (Å²) in [6.45, 7) is 3.93.